The molecular formula is C60H114N2O7P+. The summed E-state index contributed by atoms with van der Waals surface area (Å²) in [6.45, 7) is 6.89. The zero-order chi connectivity index (χ0) is 51.5. The van der Waals surface area contributed by atoms with Crippen LogP contribution in [0.3, 0.4) is 0 Å². The van der Waals surface area contributed by atoms with Crippen LogP contribution >= 0.6 is 7.82 Å². The topological polar surface area (TPSA) is 111 Å². The van der Waals surface area contributed by atoms with Gasteiger partial charge in [0.15, 0.2) is 0 Å². The van der Waals surface area contributed by atoms with Crippen molar-refractivity contribution < 1.29 is 37.3 Å². The van der Waals surface area contributed by atoms with Crippen molar-refractivity contribution in [2.75, 3.05) is 40.9 Å². The fourth-order valence-corrected chi connectivity index (χ4v) is 9.22. The molecule has 0 aliphatic heterocycles. The highest BCUT2D eigenvalue weighted by atomic mass is 31.2. The number of ether oxygens (including phenoxy) is 1. The highest BCUT2D eigenvalue weighted by Crippen LogP contribution is 2.43. The Balaban J connectivity index is 5.25. The Hall–Kier alpha value is -2.03. The minimum absolute atomic E-state index is 0.0363. The van der Waals surface area contributed by atoms with Crippen molar-refractivity contribution in [1.29, 1.82) is 0 Å². The van der Waals surface area contributed by atoms with E-state index in [9.17, 15) is 19.0 Å². The lowest BCUT2D eigenvalue weighted by atomic mass is 10.0. The van der Waals surface area contributed by atoms with Crippen LogP contribution in [-0.2, 0) is 27.9 Å². The van der Waals surface area contributed by atoms with Gasteiger partial charge in [-0.05, 0) is 63.9 Å². The third-order valence-electron chi connectivity index (χ3n) is 13.0. The molecule has 3 unspecified atom stereocenters. The number of allylic oxidation sites excluding steroid dienone is 7. The van der Waals surface area contributed by atoms with Gasteiger partial charge in [-0.15, -0.1) is 0 Å². The number of nitrogens with zero attached hydrogens (tertiary/aromatic N) is 1. The quantitative estimate of drug-likeness (QED) is 0.0205. The van der Waals surface area contributed by atoms with Crippen LogP contribution in [0.1, 0.15) is 271 Å². The maximum Gasteiger partial charge on any atom is 0.472 e. The van der Waals surface area contributed by atoms with Crippen molar-refractivity contribution in [3.05, 3.63) is 48.6 Å². The van der Waals surface area contributed by atoms with Crippen LogP contribution in [0.25, 0.3) is 0 Å². The van der Waals surface area contributed by atoms with Crippen molar-refractivity contribution in [2.45, 2.75) is 283 Å². The van der Waals surface area contributed by atoms with Crippen LogP contribution in [0, 0.1) is 0 Å². The number of esters is 1. The van der Waals surface area contributed by atoms with E-state index in [1.54, 1.807) is 0 Å². The van der Waals surface area contributed by atoms with Crippen molar-refractivity contribution in [3.8, 4) is 0 Å². The third kappa shape index (κ3) is 50.9. The van der Waals surface area contributed by atoms with Crippen LogP contribution in [-0.4, -0.2) is 74.3 Å². The summed E-state index contributed by atoms with van der Waals surface area (Å²) in [7, 11) is 1.48. The van der Waals surface area contributed by atoms with Crippen LogP contribution in [0.4, 0.5) is 0 Å². The number of rotatable bonds is 53. The van der Waals surface area contributed by atoms with Gasteiger partial charge in [0.05, 0.1) is 33.8 Å². The van der Waals surface area contributed by atoms with Gasteiger partial charge >= 0.3 is 13.8 Å². The molecule has 0 bridgehead atoms. The molecule has 9 nitrogen and oxygen atoms in total. The molecule has 0 radical (unpaired) electrons. The van der Waals surface area contributed by atoms with E-state index in [-0.39, 0.29) is 31.5 Å². The average Bonchev–Trinajstić information content (AvgIpc) is 3.32. The summed E-state index contributed by atoms with van der Waals surface area (Å²) in [6, 6.07) is -0.856. The number of quaternary nitrogens is 1. The Morgan fingerprint density at radius 3 is 1.37 bits per heavy atom. The van der Waals surface area contributed by atoms with E-state index in [2.05, 4.69) is 62.5 Å². The van der Waals surface area contributed by atoms with Gasteiger partial charge in [0.2, 0.25) is 5.91 Å². The number of phosphoric acid groups is 1. The molecule has 0 fully saturated rings. The normalized spacial score (nSPS) is 14.1. The van der Waals surface area contributed by atoms with Gasteiger partial charge in [0.25, 0.3) is 0 Å². The molecule has 0 saturated heterocycles. The third-order valence-corrected chi connectivity index (χ3v) is 14.0. The van der Waals surface area contributed by atoms with Crippen LogP contribution < -0.4 is 5.32 Å². The van der Waals surface area contributed by atoms with E-state index in [1.807, 2.05) is 33.3 Å². The molecule has 10 heteroatoms. The van der Waals surface area contributed by atoms with Crippen molar-refractivity contribution >= 4 is 19.7 Å². The first-order valence-electron chi connectivity index (χ1n) is 29.5. The van der Waals surface area contributed by atoms with E-state index in [0.717, 1.165) is 89.9 Å². The van der Waals surface area contributed by atoms with Gasteiger partial charge in [-0.1, -0.05) is 243 Å². The fraction of sp³-hybridized carbons (Fsp3) is 0.833. The summed E-state index contributed by atoms with van der Waals surface area (Å²) < 4.78 is 30.6. The van der Waals surface area contributed by atoms with Crippen molar-refractivity contribution in [2.24, 2.45) is 0 Å². The minimum atomic E-state index is -4.45. The van der Waals surface area contributed by atoms with Crippen molar-refractivity contribution in [1.82, 2.24) is 5.32 Å². The highest BCUT2D eigenvalue weighted by molar-refractivity contribution is 7.47. The van der Waals surface area contributed by atoms with Gasteiger partial charge in [0.1, 0.15) is 19.3 Å². The molecule has 0 rings (SSSR count). The lowest BCUT2D eigenvalue weighted by Gasteiger charge is -2.27. The number of hydrogen-bond donors (Lipinski definition) is 2. The molecule has 410 valence electrons. The summed E-state index contributed by atoms with van der Waals surface area (Å²) in [5.41, 5.74) is 0. The fourth-order valence-electron chi connectivity index (χ4n) is 8.48. The maximum absolute atomic E-state index is 13.5. The first-order valence-corrected chi connectivity index (χ1v) is 31.0. The van der Waals surface area contributed by atoms with Gasteiger partial charge in [-0.25, -0.2) is 4.57 Å². The van der Waals surface area contributed by atoms with Crippen LogP contribution in [0.5, 0.6) is 0 Å². The molecule has 0 aromatic rings. The number of nitrogens with one attached hydrogen (secondary N) is 1. The zero-order valence-corrected chi connectivity index (χ0v) is 47.7. The van der Waals surface area contributed by atoms with Gasteiger partial charge in [0, 0.05) is 12.8 Å². The average molecular weight is 1010 g/mol. The molecule has 0 saturated carbocycles. The monoisotopic (exact) mass is 1010 g/mol. The Labute approximate surface area is 433 Å². The van der Waals surface area contributed by atoms with Gasteiger partial charge in [-0.3, -0.25) is 18.6 Å². The first-order chi connectivity index (χ1) is 33.9. The predicted octanol–water partition coefficient (Wildman–Crippen LogP) is 17.7. The van der Waals surface area contributed by atoms with E-state index in [0.29, 0.717) is 17.4 Å². The Morgan fingerprint density at radius 1 is 0.514 bits per heavy atom. The molecule has 70 heavy (non-hydrogen) atoms. The summed E-state index contributed by atoms with van der Waals surface area (Å²) in [5, 5.41) is 3.04. The standard InChI is InChI=1S/C60H113N2O7P/c1-7-10-13-16-19-22-25-27-29-30-31-32-33-35-38-41-44-47-50-53-60(64)69-58(51-48-45-42-39-36-24-21-18-15-12-9-3)57(56-68-70(65,66)67-55-54-62(4,5)6)61-59(63)52-49-46-43-40-37-34-28-26-23-20-17-14-11-8-2/h11,14,20,23,28,34,48,51,57-58H,7-10,12-13,15-19,21-22,24-27,29-33,35-47,49-50,52-56H2,1-6H3,(H-,61,63,65,66)/p+1/b14-11+,23-20+,34-28+,51-48+. The molecule has 0 aromatic heterocycles. The molecule has 0 heterocycles. The molecule has 2 N–H and O–H groups in total. The second-order valence-electron chi connectivity index (χ2n) is 21.1. The van der Waals surface area contributed by atoms with E-state index < -0.39 is 20.0 Å². The summed E-state index contributed by atoms with van der Waals surface area (Å²) in [4.78, 5) is 37.6. The Bertz CT molecular complexity index is 1340. The van der Waals surface area contributed by atoms with E-state index in [1.165, 1.54) is 148 Å². The number of unbranched alkanes of at least 4 members (excludes halogenated alkanes) is 31. The van der Waals surface area contributed by atoms with Crippen LogP contribution in [0.15, 0.2) is 48.6 Å². The highest BCUT2D eigenvalue weighted by Gasteiger charge is 2.30. The molecule has 0 aromatic carbocycles. The Morgan fingerprint density at radius 2 is 0.914 bits per heavy atom. The second-order valence-corrected chi connectivity index (χ2v) is 22.6. The van der Waals surface area contributed by atoms with Gasteiger partial charge in [-0.2, -0.15) is 0 Å². The largest absolute Gasteiger partial charge is 0.472 e. The predicted molar refractivity (Wildman–Crippen MR) is 300 cm³/mol. The molecule has 1 amide bonds. The number of phosphoric ester groups is 1. The Kier molecular flexibility index (Phi) is 49.0. The number of amides is 1. The molecular weight excluding hydrogens is 892 g/mol. The number of carbonyl (C=O) groups excluding carboxylic acids is 2. The lowest BCUT2D eigenvalue weighted by molar-refractivity contribution is -0.870. The number of carbonyl (C=O) groups is 2. The second kappa shape index (κ2) is 50.5. The summed E-state index contributed by atoms with van der Waals surface area (Å²) in [5.74, 6) is -0.524. The van der Waals surface area contributed by atoms with Crippen molar-refractivity contribution in [3.63, 3.8) is 0 Å². The maximum atomic E-state index is 13.5. The smallest absolute Gasteiger partial charge is 0.456 e. The molecule has 0 aliphatic rings. The number of hydrogen-bond acceptors (Lipinski definition) is 6. The van der Waals surface area contributed by atoms with Crippen LogP contribution in [0.2, 0.25) is 0 Å². The van der Waals surface area contributed by atoms with E-state index in [4.69, 9.17) is 13.8 Å². The number of likely N-dealkylation sites (N-methyl/N-ethyl adjacent to an activating group) is 1. The lowest BCUT2D eigenvalue weighted by Crippen LogP contribution is -2.47. The molecule has 0 spiro atoms. The summed E-state index contributed by atoms with van der Waals surface area (Å²) >= 11 is 0. The molecule has 0 aliphatic carbocycles. The molecule has 3 atom stereocenters. The zero-order valence-electron chi connectivity index (χ0n) is 46.8. The van der Waals surface area contributed by atoms with Gasteiger partial charge < -0.3 is 19.4 Å². The minimum Gasteiger partial charge on any atom is -0.456 e. The first kappa shape index (κ1) is 68.0. The summed E-state index contributed by atoms with van der Waals surface area (Å²) in [6.07, 6.45) is 61.1. The van der Waals surface area contributed by atoms with E-state index >= 15 is 0 Å². The SMILES string of the molecule is CC/C=C/C/C=C/C/C=C/CCCCCCC(=O)NC(COP(=O)(O)OCC[N+](C)(C)C)C(/C=C/CCCCCCCCCCC)OC(=O)CCCCCCCCCCCCCCCCCCCCC.